The van der Waals surface area contributed by atoms with Gasteiger partial charge in [0.25, 0.3) is 0 Å². The summed E-state index contributed by atoms with van der Waals surface area (Å²) in [5.74, 6) is 0.204. The number of aromatic nitrogens is 1. The number of thiophene rings is 1. The molecule has 0 radical (unpaired) electrons. The lowest BCUT2D eigenvalue weighted by atomic mass is 10.1. The molecule has 1 saturated heterocycles. The molecule has 1 fully saturated rings. The van der Waals surface area contributed by atoms with Crippen LogP contribution in [0.3, 0.4) is 0 Å². The Labute approximate surface area is 174 Å². The number of pyridine rings is 1. The molecule has 4 rings (SSSR count). The molecule has 0 saturated carbocycles. The summed E-state index contributed by atoms with van der Waals surface area (Å²) in [4.78, 5) is 21.9. The van der Waals surface area contributed by atoms with Crippen molar-refractivity contribution >= 4 is 38.9 Å². The van der Waals surface area contributed by atoms with Gasteiger partial charge in [0.1, 0.15) is 0 Å². The highest BCUT2D eigenvalue weighted by molar-refractivity contribution is 7.17. The van der Waals surface area contributed by atoms with E-state index in [0.29, 0.717) is 6.42 Å². The fraction of sp³-hybridized carbons (Fsp3) is 0.364. The molecule has 0 N–H and O–H groups in total. The van der Waals surface area contributed by atoms with Gasteiger partial charge in [0.15, 0.2) is 0 Å². The van der Waals surface area contributed by atoms with E-state index in [9.17, 15) is 4.79 Å². The fourth-order valence-corrected chi connectivity index (χ4v) is 4.88. The van der Waals surface area contributed by atoms with E-state index in [0.717, 1.165) is 66.5 Å². The van der Waals surface area contributed by atoms with E-state index in [4.69, 9.17) is 11.6 Å². The molecule has 28 heavy (non-hydrogen) atoms. The van der Waals surface area contributed by atoms with Crippen molar-refractivity contribution in [2.45, 2.75) is 26.3 Å². The van der Waals surface area contributed by atoms with Crippen LogP contribution in [-0.2, 0) is 17.8 Å². The third-order valence-corrected chi connectivity index (χ3v) is 6.48. The summed E-state index contributed by atoms with van der Waals surface area (Å²) in [6.07, 6.45) is 1.44. The molecule has 0 aliphatic carbocycles. The van der Waals surface area contributed by atoms with Crippen LogP contribution in [0.15, 0.2) is 41.8 Å². The predicted molar refractivity (Wildman–Crippen MR) is 116 cm³/mol. The van der Waals surface area contributed by atoms with Gasteiger partial charge in [0, 0.05) is 48.1 Å². The van der Waals surface area contributed by atoms with Gasteiger partial charge in [0.2, 0.25) is 5.91 Å². The first kappa shape index (κ1) is 19.4. The smallest absolute Gasteiger partial charge is 0.227 e. The molecular weight excluding hydrogens is 390 g/mol. The molecule has 0 atom stereocenters. The monoisotopic (exact) mass is 413 g/mol. The molecule has 3 aromatic rings. The fourth-order valence-electron chi connectivity index (χ4n) is 3.76. The van der Waals surface area contributed by atoms with E-state index in [-0.39, 0.29) is 5.91 Å². The van der Waals surface area contributed by atoms with Crippen molar-refractivity contribution in [3.63, 3.8) is 0 Å². The van der Waals surface area contributed by atoms with Gasteiger partial charge in [-0.15, -0.1) is 11.3 Å². The Balaban J connectivity index is 1.38. The number of carbonyl (C=O) groups excluding carboxylic acids is 1. The van der Waals surface area contributed by atoms with Gasteiger partial charge < -0.3 is 4.90 Å². The number of fused-ring (bicyclic) bond motifs is 1. The summed E-state index contributed by atoms with van der Waals surface area (Å²) in [6.45, 7) is 6.34. The van der Waals surface area contributed by atoms with Crippen LogP contribution < -0.4 is 0 Å². The van der Waals surface area contributed by atoms with E-state index in [1.165, 1.54) is 4.70 Å². The van der Waals surface area contributed by atoms with Gasteiger partial charge in [-0.3, -0.25) is 14.7 Å². The predicted octanol–water partition coefficient (Wildman–Crippen LogP) is 4.54. The highest BCUT2D eigenvalue weighted by atomic mass is 35.5. The van der Waals surface area contributed by atoms with E-state index in [2.05, 4.69) is 27.4 Å². The quantitative estimate of drug-likeness (QED) is 0.630. The van der Waals surface area contributed by atoms with E-state index in [1.807, 2.05) is 36.1 Å². The normalized spacial score (nSPS) is 15.7. The average molecular weight is 414 g/mol. The lowest BCUT2D eigenvalue weighted by Gasteiger charge is -2.22. The zero-order valence-corrected chi connectivity index (χ0v) is 17.6. The van der Waals surface area contributed by atoms with Crippen LogP contribution >= 0.6 is 22.9 Å². The maximum Gasteiger partial charge on any atom is 0.227 e. The molecule has 2 aromatic heterocycles. The third kappa shape index (κ3) is 4.54. The second-order valence-electron chi connectivity index (χ2n) is 7.36. The summed E-state index contributed by atoms with van der Waals surface area (Å²) in [5.41, 5.74) is 3.23. The SMILES string of the molecule is Cc1cccc(CN2CCCN(C(=O)Cc3csc4ccc(Cl)cc34)CC2)n1. The van der Waals surface area contributed by atoms with Crippen molar-refractivity contribution < 1.29 is 4.79 Å². The minimum absolute atomic E-state index is 0.204. The number of rotatable bonds is 4. The van der Waals surface area contributed by atoms with Crippen molar-refractivity contribution in [1.82, 2.24) is 14.8 Å². The highest BCUT2D eigenvalue weighted by Crippen LogP contribution is 2.29. The molecule has 0 bridgehead atoms. The first-order valence-corrected chi connectivity index (χ1v) is 10.9. The molecule has 1 aliphatic rings. The van der Waals surface area contributed by atoms with Crippen molar-refractivity contribution in [2.24, 2.45) is 0 Å². The summed E-state index contributed by atoms with van der Waals surface area (Å²) in [6, 6.07) is 12.1. The number of aryl methyl sites for hydroxylation is 1. The van der Waals surface area contributed by atoms with E-state index >= 15 is 0 Å². The number of hydrogen-bond acceptors (Lipinski definition) is 4. The van der Waals surface area contributed by atoms with Gasteiger partial charge >= 0.3 is 0 Å². The molecule has 1 aliphatic heterocycles. The van der Waals surface area contributed by atoms with Crippen LogP contribution in [0.25, 0.3) is 10.1 Å². The standard InChI is InChI=1S/C22H24ClN3OS/c1-16-4-2-5-19(24-16)14-25-8-3-9-26(11-10-25)22(27)12-17-15-28-21-7-6-18(23)13-20(17)21/h2,4-7,13,15H,3,8-12,14H2,1H3. The molecule has 3 heterocycles. The number of nitrogens with zero attached hydrogens (tertiary/aromatic N) is 3. The highest BCUT2D eigenvalue weighted by Gasteiger charge is 2.20. The third-order valence-electron chi connectivity index (χ3n) is 5.23. The van der Waals surface area contributed by atoms with Crippen LogP contribution in [0.2, 0.25) is 5.02 Å². The average Bonchev–Trinajstić information content (AvgIpc) is 2.90. The van der Waals surface area contributed by atoms with Crippen LogP contribution in [-0.4, -0.2) is 46.9 Å². The van der Waals surface area contributed by atoms with Gasteiger partial charge in [-0.25, -0.2) is 0 Å². The van der Waals surface area contributed by atoms with Crippen LogP contribution in [0, 0.1) is 6.92 Å². The minimum Gasteiger partial charge on any atom is -0.341 e. The second-order valence-corrected chi connectivity index (χ2v) is 8.71. The summed E-state index contributed by atoms with van der Waals surface area (Å²) >= 11 is 7.82. The Kier molecular flexibility index (Phi) is 5.95. The first-order valence-electron chi connectivity index (χ1n) is 9.67. The largest absolute Gasteiger partial charge is 0.341 e. The summed E-state index contributed by atoms with van der Waals surface area (Å²) < 4.78 is 1.18. The summed E-state index contributed by atoms with van der Waals surface area (Å²) in [5, 5.41) is 3.91. The van der Waals surface area contributed by atoms with Gasteiger partial charge in [-0.05, 0) is 60.0 Å². The maximum atomic E-state index is 12.9. The van der Waals surface area contributed by atoms with Crippen LogP contribution in [0.5, 0.6) is 0 Å². The number of halogens is 1. The first-order chi connectivity index (χ1) is 13.6. The lowest BCUT2D eigenvalue weighted by molar-refractivity contribution is -0.130. The van der Waals surface area contributed by atoms with Crippen LogP contribution in [0.1, 0.15) is 23.4 Å². The Bertz CT molecular complexity index is 987. The van der Waals surface area contributed by atoms with Crippen molar-refractivity contribution in [3.05, 3.63) is 63.8 Å². The molecule has 0 unspecified atom stereocenters. The molecule has 1 aromatic carbocycles. The number of hydrogen-bond donors (Lipinski definition) is 0. The topological polar surface area (TPSA) is 36.4 Å². The Morgan fingerprint density at radius 1 is 1.18 bits per heavy atom. The van der Waals surface area contributed by atoms with Crippen molar-refractivity contribution in [2.75, 3.05) is 26.2 Å². The van der Waals surface area contributed by atoms with Gasteiger partial charge in [-0.1, -0.05) is 17.7 Å². The van der Waals surface area contributed by atoms with Crippen molar-refractivity contribution in [1.29, 1.82) is 0 Å². The number of benzene rings is 1. The zero-order valence-electron chi connectivity index (χ0n) is 16.0. The number of amides is 1. The minimum atomic E-state index is 0.204. The molecule has 6 heteroatoms. The molecule has 1 amide bonds. The number of carbonyl (C=O) groups is 1. The second kappa shape index (κ2) is 8.60. The molecule has 0 spiro atoms. The van der Waals surface area contributed by atoms with Gasteiger partial charge in [-0.2, -0.15) is 0 Å². The van der Waals surface area contributed by atoms with Gasteiger partial charge in [0.05, 0.1) is 12.1 Å². The lowest BCUT2D eigenvalue weighted by Crippen LogP contribution is -2.36. The van der Waals surface area contributed by atoms with E-state index < -0.39 is 0 Å². The van der Waals surface area contributed by atoms with Crippen molar-refractivity contribution in [3.8, 4) is 0 Å². The van der Waals surface area contributed by atoms with Crippen LogP contribution in [0.4, 0.5) is 0 Å². The molecule has 4 nitrogen and oxygen atoms in total. The molecule has 146 valence electrons. The summed E-state index contributed by atoms with van der Waals surface area (Å²) in [7, 11) is 0. The Morgan fingerprint density at radius 2 is 2.07 bits per heavy atom. The molecular formula is C22H24ClN3OS. The Morgan fingerprint density at radius 3 is 2.93 bits per heavy atom. The zero-order chi connectivity index (χ0) is 19.5. The van der Waals surface area contributed by atoms with E-state index in [1.54, 1.807) is 11.3 Å². The Hall–Kier alpha value is -1.95. The maximum absolute atomic E-state index is 12.9.